The molecular weight excluding hydrogens is 270 g/mol. The molecule has 1 unspecified atom stereocenters. The first-order valence-electron chi connectivity index (χ1n) is 7.70. The summed E-state index contributed by atoms with van der Waals surface area (Å²) in [6, 6.07) is 8.04. The van der Waals surface area contributed by atoms with Gasteiger partial charge in [0, 0.05) is 17.7 Å². The molecular formula is C17H26ClNO. The summed E-state index contributed by atoms with van der Waals surface area (Å²) < 4.78 is 6.13. The number of nitrogens with two attached hydrogens (primary N) is 1. The third-order valence-corrected chi connectivity index (χ3v) is 4.85. The van der Waals surface area contributed by atoms with Gasteiger partial charge < -0.3 is 10.5 Å². The van der Waals surface area contributed by atoms with Crippen molar-refractivity contribution in [2.24, 2.45) is 11.7 Å². The van der Waals surface area contributed by atoms with Gasteiger partial charge in [0.25, 0.3) is 0 Å². The van der Waals surface area contributed by atoms with E-state index in [0.29, 0.717) is 0 Å². The molecule has 2 nitrogen and oxygen atoms in total. The van der Waals surface area contributed by atoms with Crippen molar-refractivity contribution in [2.75, 3.05) is 6.61 Å². The minimum atomic E-state index is -0.138. The van der Waals surface area contributed by atoms with Crippen molar-refractivity contribution in [2.45, 2.75) is 57.6 Å². The van der Waals surface area contributed by atoms with E-state index in [9.17, 15) is 0 Å². The van der Waals surface area contributed by atoms with Gasteiger partial charge in [0.15, 0.2) is 0 Å². The lowest BCUT2D eigenvalue weighted by Crippen LogP contribution is -2.53. The molecule has 1 aromatic rings. The smallest absolute Gasteiger partial charge is 0.0835 e. The quantitative estimate of drug-likeness (QED) is 0.884. The van der Waals surface area contributed by atoms with Gasteiger partial charge in [0.2, 0.25) is 0 Å². The van der Waals surface area contributed by atoms with Crippen molar-refractivity contribution < 1.29 is 4.74 Å². The van der Waals surface area contributed by atoms with E-state index in [4.69, 9.17) is 22.1 Å². The number of rotatable bonds is 5. The lowest BCUT2D eigenvalue weighted by molar-refractivity contribution is -0.0883. The van der Waals surface area contributed by atoms with Gasteiger partial charge in [-0.3, -0.25) is 0 Å². The molecule has 0 saturated heterocycles. The monoisotopic (exact) mass is 295 g/mol. The summed E-state index contributed by atoms with van der Waals surface area (Å²) in [7, 11) is 0. The number of hydrogen-bond donors (Lipinski definition) is 1. The fraction of sp³-hybridized carbons (Fsp3) is 0.647. The molecule has 2 N–H and O–H groups in total. The van der Waals surface area contributed by atoms with E-state index in [-0.39, 0.29) is 11.6 Å². The van der Waals surface area contributed by atoms with Crippen molar-refractivity contribution in [1.29, 1.82) is 0 Å². The van der Waals surface area contributed by atoms with Crippen LogP contribution in [0.15, 0.2) is 24.3 Å². The second kappa shape index (κ2) is 6.93. The third kappa shape index (κ3) is 3.75. The van der Waals surface area contributed by atoms with Gasteiger partial charge in [-0.15, -0.1) is 0 Å². The van der Waals surface area contributed by atoms with Gasteiger partial charge in [-0.2, -0.15) is 0 Å². The van der Waals surface area contributed by atoms with E-state index >= 15 is 0 Å². The maximum absolute atomic E-state index is 6.53. The minimum Gasteiger partial charge on any atom is -0.374 e. The van der Waals surface area contributed by atoms with Crippen molar-refractivity contribution in [3.63, 3.8) is 0 Å². The summed E-state index contributed by atoms with van der Waals surface area (Å²) in [5, 5.41) is 0.772. The molecule has 2 rings (SSSR count). The van der Waals surface area contributed by atoms with E-state index in [0.717, 1.165) is 36.8 Å². The lowest BCUT2D eigenvalue weighted by atomic mass is 9.74. The zero-order valence-corrected chi connectivity index (χ0v) is 13.3. The Labute approximate surface area is 127 Å². The number of benzene rings is 1. The van der Waals surface area contributed by atoms with Gasteiger partial charge in [0.05, 0.1) is 5.60 Å². The Hall–Kier alpha value is -0.570. The SMILES string of the molecule is CCOC1(C(N)Cc2ccc(Cl)cc2)CCC(C)CC1. The Bertz CT molecular complexity index is 410. The standard InChI is InChI=1S/C17H26ClNO/c1-3-20-17(10-8-13(2)9-11-17)16(19)12-14-4-6-15(18)7-5-14/h4-7,13,16H,3,8-12,19H2,1-2H3. The summed E-state index contributed by atoms with van der Waals surface area (Å²) >= 11 is 5.93. The summed E-state index contributed by atoms with van der Waals surface area (Å²) in [6.07, 6.45) is 5.45. The average Bonchev–Trinajstić information content (AvgIpc) is 2.44. The van der Waals surface area contributed by atoms with E-state index in [2.05, 4.69) is 26.0 Å². The zero-order valence-electron chi connectivity index (χ0n) is 12.6. The summed E-state index contributed by atoms with van der Waals surface area (Å²) in [5.74, 6) is 0.798. The second-order valence-electron chi connectivity index (χ2n) is 6.12. The molecule has 112 valence electrons. The van der Waals surface area contributed by atoms with E-state index in [1.165, 1.54) is 18.4 Å². The van der Waals surface area contributed by atoms with Crippen LogP contribution in [0, 0.1) is 5.92 Å². The van der Waals surface area contributed by atoms with E-state index < -0.39 is 0 Å². The van der Waals surface area contributed by atoms with Crippen molar-refractivity contribution in [3.8, 4) is 0 Å². The molecule has 1 aliphatic rings. The molecule has 1 aliphatic carbocycles. The molecule has 0 amide bonds. The first-order valence-corrected chi connectivity index (χ1v) is 8.07. The van der Waals surface area contributed by atoms with E-state index in [1.54, 1.807) is 0 Å². The molecule has 1 saturated carbocycles. The fourth-order valence-corrected chi connectivity index (χ4v) is 3.35. The number of halogens is 1. The van der Waals surface area contributed by atoms with Gasteiger partial charge in [-0.05, 0) is 62.6 Å². The van der Waals surface area contributed by atoms with Crippen LogP contribution in [-0.4, -0.2) is 18.2 Å². The molecule has 1 atom stereocenters. The molecule has 0 spiro atoms. The Kier molecular flexibility index (Phi) is 5.48. The summed E-state index contributed by atoms with van der Waals surface area (Å²) in [5.41, 5.74) is 7.62. The topological polar surface area (TPSA) is 35.2 Å². The lowest BCUT2D eigenvalue weighted by Gasteiger charge is -2.43. The molecule has 0 heterocycles. The number of ether oxygens (including phenoxy) is 1. The molecule has 1 aromatic carbocycles. The van der Waals surface area contributed by atoms with Gasteiger partial charge >= 0.3 is 0 Å². The fourth-order valence-electron chi connectivity index (χ4n) is 3.22. The normalized spacial score (nSPS) is 28.3. The molecule has 20 heavy (non-hydrogen) atoms. The van der Waals surface area contributed by atoms with Crippen molar-refractivity contribution in [1.82, 2.24) is 0 Å². The highest BCUT2D eigenvalue weighted by Crippen LogP contribution is 2.37. The van der Waals surface area contributed by atoms with Crippen molar-refractivity contribution >= 4 is 11.6 Å². The largest absolute Gasteiger partial charge is 0.374 e. The van der Waals surface area contributed by atoms with E-state index in [1.807, 2.05) is 12.1 Å². The number of hydrogen-bond acceptors (Lipinski definition) is 2. The van der Waals surface area contributed by atoms with Crippen molar-refractivity contribution in [3.05, 3.63) is 34.9 Å². The molecule has 0 radical (unpaired) electrons. The zero-order chi connectivity index (χ0) is 14.6. The Morgan fingerprint density at radius 3 is 2.45 bits per heavy atom. The Morgan fingerprint density at radius 2 is 1.90 bits per heavy atom. The Morgan fingerprint density at radius 1 is 1.30 bits per heavy atom. The van der Waals surface area contributed by atoms with Crippen LogP contribution >= 0.6 is 11.6 Å². The van der Waals surface area contributed by atoms with Crippen LogP contribution in [0.3, 0.4) is 0 Å². The first-order chi connectivity index (χ1) is 9.55. The molecule has 0 aliphatic heterocycles. The van der Waals surface area contributed by atoms with Crippen LogP contribution in [0.2, 0.25) is 5.02 Å². The van der Waals surface area contributed by atoms with Crippen LogP contribution in [0.1, 0.15) is 45.1 Å². The highest BCUT2D eigenvalue weighted by molar-refractivity contribution is 6.30. The summed E-state index contributed by atoms with van der Waals surface area (Å²) in [4.78, 5) is 0. The predicted octanol–water partition coefficient (Wildman–Crippen LogP) is 4.20. The average molecular weight is 296 g/mol. The minimum absolute atomic E-state index is 0.0520. The summed E-state index contributed by atoms with van der Waals surface area (Å²) in [6.45, 7) is 5.12. The van der Waals surface area contributed by atoms with Crippen LogP contribution in [0.4, 0.5) is 0 Å². The Balaban J connectivity index is 2.06. The predicted molar refractivity (Wildman–Crippen MR) is 85.1 cm³/mol. The highest BCUT2D eigenvalue weighted by atomic mass is 35.5. The van der Waals surface area contributed by atoms with Crippen LogP contribution in [-0.2, 0) is 11.2 Å². The van der Waals surface area contributed by atoms with Gasteiger partial charge in [-0.1, -0.05) is 30.7 Å². The maximum Gasteiger partial charge on any atom is 0.0835 e. The van der Waals surface area contributed by atoms with Crippen LogP contribution in [0.5, 0.6) is 0 Å². The molecule has 1 fully saturated rings. The third-order valence-electron chi connectivity index (χ3n) is 4.60. The molecule has 0 bridgehead atoms. The van der Waals surface area contributed by atoms with Crippen LogP contribution < -0.4 is 5.73 Å². The highest BCUT2D eigenvalue weighted by Gasteiger charge is 2.40. The maximum atomic E-state index is 6.53. The molecule has 0 aromatic heterocycles. The second-order valence-corrected chi connectivity index (χ2v) is 6.55. The van der Waals surface area contributed by atoms with Gasteiger partial charge in [-0.25, -0.2) is 0 Å². The van der Waals surface area contributed by atoms with Gasteiger partial charge in [0.1, 0.15) is 0 Å². The van der Waals surface area contributed by atoms with Crippen LogP contribution in [0.25, 0.3) is 0 Å². The first kappa shape index (κ1) is 15.8. The molecule has 3 heteroatoms.